The van der Waals surface area contributed by atoms with Gasteiger partial charge in [-0.05, 0) is 61.1 Å². The first-order chi connectivity index (χ1) is 11.3. The number of aryl methyl sites for hydroxylation is 1. The standard InChI is InChI=1S/C21H25NO/c1-22-14-20-18-11-9-17(23-2)13-16(18)8-10-19(20)21(22)12-15-6-4-3-5-7-15/h3-7,9,11,13,19-21H,8,10,12,14H2,1-2H3/t19?,20-,21+/m0/s1. The first-order valence-electron chi connectivity index (χ1n) is 8.67. The monoisotopic (exact) mass is 307 g/mol. The van der Waals surface area contributed by atoms with E-state index in [1.807, 2.05) is 0 Å². The van der Waals surface area contributed by atoms with Crippen LogP contribution in [0, 0.1) is 5.92 Å². The van der Waals surface area contributed by atoms with E-state index < -0.39 is 0 Å². The molecule has 0 spiro atoms. The van der Waals surface area contributed by atoms with E-state index in [2.05, 4.69) is 60.5 Å². The lowest BCUT2D eigenvalue weighted by Gasteiger charge is -2.31. The molecule has 2 nitrogen and oxygen atoms in total. The van der Waals surface area contributed by atoms with Crippen LogP contribution in [0.5, 0.6) is 5.75 Å². The summed E-state index contributed by atoms with van der Waals surface area (Å²) in [6, 6.07) is 18.3. The van der Waals surface area contributed by atoms with Crippen molar-refractivity contribution in [1.82, 2.24) is 4.90 Å². The van der Waals surface area contributed by atoms with Gasteiger partial charge in [0, 0.05) is 18.5 Å². The number of likely N-dealkylation sites (tertiary alicyclic amines) is 1. The van der Waals surface area contributed by atoms with Gasteiger partial charge in [-0.1, -0.05) is 36.4 Å². The van der Waals surface area contributed by atoms with E-state index in [1.165, 1.54) is 36.9 Å². The number of hydrogen-bond donors (Lipinski definition) is 0. The maximum atomic E-state index is 5.40. The maximum absolute atomic E-state index is 5.40. The average molecular weight is 307 g/mol. The highest BCUT2D eigenvalue weighted by atomic mass is 16.5. The van der Waals surface area contributed by atoms with Crippen molar-refractivity contribution in [2.45, 2.75) is 31.2 Å². The van der Waals surface area contributed by atoms with Crippen LogP contribution in [0.1, 0.15) is 29.0 Å². The Morgan fingerprint density at radius 1 is 1.13 bits per heavy atom. The molecule has 1 heterocycles. The second kappa shape index (κ2) is 6.01. The van der Waals surface area contributed by atoms with E-state index in [-0.39, 0.29) is 0 Å². The summed E-state index contributed by atoms with van der Waals surface area (Å²) in [5, 5.41) is 0. The number of benzene rings is 2. The van der Waals surface area contributed by atoms with Crippen molar-refractivity contribution in [3.8, 4) is 5.75 Å². The van der Waals surface area contributed by atoms with Crippen LogP contribution in [-0.4, -0.2) is 31.6 Å². The quantitative estimate of drug-likeness (QED) is 0.853. The summed E-state index contributed by atoms with van der Waals surface area (Å²) in [6.07, 6.45) is 3.66. The Kier molecular flexibility index (Phi) is 3.86. The van der Waals surface area contributed by atoms with Gasteiger partial charge >= 0.3 is 0 Å². The predicted octanol–water partition coefficient (Wildman–Crippen LogP) is 3.90. The molecular formula is C21H25NO. The molecule has 0 amide bonds. The van der Waals surface area contributed by atoms with Crippen LogP contribution >= 0.6 is 0 Å². The van der Waals surface area contributed by atoms with E-state index in [0.29, 0.717) is 12.0 Å². The molecule has 1 fully saturated rings. The summed E-state index contributed by atoms with van der Waals surface area (Å²) in [6.45, 7) is 1.18. The topological polar surface area (TPSA) is 12.5 Å². The summed E-state index contributed by atoms with van der Waals surface area (Å²) < 4.78 is 5.40. The molecule has 2 heteroatoms. The van der Waals surface area contributed by atoms with Gasteiger partial charge in [-0.3, -0.25) is 0 Å². The van der Waals surface area contributed by atoms with Crippen molar-refractivity contribution in [3.05, 3.63) is 65.2 Å². The molecule has 4 rings (SSSR count). The zero-order valence-corrected chi connectivity index (χ0v) is 14.0. The highest BCUT2D eigenvalue weighted by molar-refractivity contribution is 5.41. The van der Waals surface area contributed by atoms with Gasteiger partial charge < -0.3 is 9.64 Å². The van der Waals surface area contributed by atoms with Gasteiger partial charge in [0.1, 0.15) is 5.75 Å². The first kappa shape index (κ1) is 14.8. The van der Waals surface area contributed by atoms with E-state index in [0.717, 1.165) is 11.7 Å². The van der Waals surface area contributed by atoms with Crippen molar-refractivity contribution in [2.24, 2.45) is 5.92 Å². The summed E-state index contributed by atoms with van der Waals surface area (Å²) in [5.74, 6) is 2.46. The van der Waals surface area contributed by atoms with Crippen LogP contribution in [0.25, 0.3) is 0 Å². The third-order valence-corrected chi connectivity index (χ3v) is 5.85. The molecule has 2 aromatic rings. The van der Waals surface area contributed by atoms with Crippen LogP contribution in [0.2, 0.25) is 0 Å². The highest BCUT2D eigenvalue weighted by Crippen LogP contribution is 2.45. The molecule has 3 atom stereocenters. The average Bonchev–Trinajstić information content (AvgIpc) is 2.91. The van der Waals surface area contributed by atoms with Crippen molar-refractivity contribution < 1.29 is 4.74 Å². The predicted molar refractivity (Wildman–Crippen MR) is 94.1 cm³/mol. The molecule has 0 radical (unpaired) electrons. The van der Waals surface area contributed by atoms with Gasteiger partial charge in [0.15, 0.2) is 0 Å². The third kappa shape index (κ3) is 2.66. The minimum atomic E-state index is 0.664. The van der Waals surface area contributed by atoms with E-state index in [1.54, 1.807) is 12.7 Å². The van der Waals surface area contributed by atoms with Crippen molar-refractivity contribution >= 4 is 0 Å². The van der Waals surface area contributed by atoms with Gasteiger partial charge in [0.05, 0.1) is 7.11 Å². The third-order valence-electron chi connectivity index (χ3n) is 5.85. The molecule has 0 saturated carbocycles. The second-order valence-corrected chi connectivity index (χ2v) is 7.07. The SMILES string of the molecule is COc1ccc2c(c1)CCC1[C@@H](Cc3ccccc3)N(C)C[C@@H]21. The van der Waals surface area contributed by atoms with Crippen LogP contribution in [0.3, 0.4) is 0 Å². The van der Waals surface area contributed by atoms with Gasteiger partial charge in [-0.15, -0.1) is 0 Å². The van der Waals surface area contributed by atoms with Gasteiger partial charge in [-0.2, -0.15) is 0 Å². The van der Waals surface area contributed by atoms with Gasteiger partial charge in [-0.25, -0.2) is 0 Å². The number of nitrogens with zero attached hydrogens (tertiary/aromatic N) is 1. The number of methoxy groups -OCH3 is 1. The Bertz CT molecular complexity index is 681. The van der Waals surface area contributed by atoms with Crippen LogP contribution in [0.4, 0.5) is 0 Å². The van der Waals surface area contributed by atoms with Gasteiger partial charge in [0.2, 0.25) is 0 Å². The fraction of sp³-hybridized carbons (Fsp3) is 0.429. The maximum Gasteiger partial charge on any atom is 0.119 e. The second-order valence-electron chi connectivity index (χ2n) is 7.07. The van der Waals surface area contributed by atoms with Crippen molar-refractivity contribution in [1.29, 1.82) is 0 Å². The number of likely N-dealkylation sites (N-methyl/N-ethyl adjacent to an activating group) is 1. The first-order valence-corrected chi connectivity index (χ1v) is 8.67. The summed E-state index contributed by atoms with van der Waals surface area (Å²) >= 11 is 0. The Morgan fingerprint density at radius 3 is 2.74 bits per heavy atom. The highest BCUT2D eigenvalue weighted by Gasteiger charge is 2.42. The lowest BCUT2D eigenvalue weighted by Crippen LogP contribution is -2.32. The van der Waals surface area contributed by atoms with Crippen LogP contribution in [-0.2, 0) is 12.8 Å². The molecule has 1 unspecified atom stereocenters. The number of ether oxygens (including phenoxy) is 1. The Hall–Kier alpha value is -1.80. The summed E-state index contributed by atoms with van der Waals surface area (Å²) in [4.78, 5) is 2.58. The molecule has 1 aliphatic heterocycles. The molecular weight excluding hydrogens is 282 g/mol. The van der Waals surface area contributed by atoms with Gasteiger partial charge in [0.25, 0.3) is 0 Å². The zero-order valence-electron chi connectivity index (χ0n) is 14.0. The Morgan fingerprint density at radius 2 is 1.96 bits per heavy atom. The zero-order chi connectivity index (χ0) is 15.8. The largest absolute Gasteiger partial charge is 0.497 e. The molecule has 23 heavy (non-hydrogen) atoms. The van der Waals surface area contributed by atoms with Crippen LogP contribution in [0.15, 0.2) is 48.5 Å². The lowest BCUT2D eigenvalue weighted by molar-refractivity contribution is 0.259. The molecule has 0 aromatic heterocycles. The minimum absolute atomic E-state index is 0.664. The molecule has 2 aliphatic rings. The normalized spacial score (nSPS) is 26.6. The summed E-state index contributed by atoms with van der Waals surface area (Å²) in [7, 11) is 4.06. The van der Waals surface area contributed by atoms with E-state index >= 15 is 0 Å². The number of hydrogen-bond acceptors (Lipinski definition) is 2. The van der Waals surface area contributed by atoms with E-state index in [4.69, 9.17) is 4.74 Å². The van der Waals surface area contributed by atoms with Crippen molar-refractivity contribution in [3.63, 3.8) is 0 Å². The molecule has 120 valence electrons. The molecule has 1 saturated heterocycles. The molecule has 0 N–H and O–H groups in total. The Balaban J connectivity index is 1.60. The molecule has 2 aromatic carbocycles. The van der Waals surface area contributed by atoms with E-state index in [9.17, 15) is 0 Å². The smallest absolute Gasteiger partial charge is 0.119 e. The number of rotatable bonds is 3. The number of fused-ring (bicyclic) bond motifs is 3. The van der Waals surface area contributed by atoms with Crippen molar-refractivity contribution in [2.75, 3.05) is 20.7 Å². The minimum Gasteiger partial charge on any atom is -0.497 e. The lowest BCUT2D eigenvalue weighted by atomic mass is 9.73. The van der Waals surface area contributed by atoms with Crippen LogP contribution < -0.4 is 4.74 Å². The molecule has 0 bridgehead atoms. The summed E-state index contributed by atoms with van der Waals surface area (Å²) in [5.41, 5.74) is 4.52. The molecule has 1 aliphatic carbocycles. The fourth-order valence-electron chi connectivity index (χ4n) is 4.67. The Labute approximate surface area is 139 Å². The fourth-order valence-corrected chi connectivity index (χ4v) is 4.67.